The van der Waals surface area contributed by atoms with E-state index in [4.69, 9.17) is 9.72 Å². The standard InChI is InChI=1S/C25H19N3O2/c29-24-25(21-7-4-10-26-23(21)28-24)13-17-11-16-8-9-19(27-22(16)12-18(17)14-25)15-30-20-5-2-1-3-6-20/h1-12H,13-15H2,(H,26,28,29). The van der Waals surface area contributed by atoms with Crippen molar-refractivity contribution in [3.8, 4) is 5.75 Å². The largest absolute Gasteiger partial charge is 0.487 e. The summed E-state index contributed by atoms with van der Waals surface area (Å²) in [5.74, 6) is 1.56. The third-order valence-electron chi connectivity index (χ3n) is 6.17. The Labute approximate surface area is 173 Å². The van der Waals surface area contributed by atoms with Crippen molar-refractivity contribution in [2.75, 3.05) is 5.32 Å². The van der Waals surface area contributed by atoms with Gasteiger partial charge in [-0.25, -0.2) is 9.97 Å². The van der Waals surface area contributed by atoms with Crippen LogP contribution in [0.3, 0.4) is 0 Å². The van der Waals surface area contributed by atoms with Crippen LogP contribution in [0.2, 0.25) is 0 Å². The second-order valence-electron chi connectivity index (χ2n) is 8.01. The van der Waals surface area contributed by atoms with Crippen molar-refractivity contribution < 1.29 is 9.53 Å². The molecule has 146 valence electrons. The molecule has 6 rings (SSSR count). The van der Waals surface area contributed by atoms with Crippen LogP contribution in [0, 0.1) is 0 Å². The van der Waals surface area contributed by atoms with Gasteiger partial charge in [0.25, 0.3) is 0 Å². The number of amides is 1. The van der Waals surface area contributed by atoms with E-state index in [9.17, 15) is 4.79 Å². The van der Waals surface area contributed by atoms with E-state index < -0.39 is 5.41 Å². The first-order valence-corrected chi connectivity index (χ1v) is 10.1. The zero-order chi connectivity index (χ0) is 20.1. The maximum absolute atomic E-state index is 12.9. The normalized spacial score (nSPS) is 19.0. The van der Waals surface area contributed by atoms with Crippen LogP contribution in [-0.4, -0.2) is 15.9 Å². The van der Waals surface area contributed by atoms with Crippen LogP contribution < -0.4 is 10.1 Å². The minimum atomic E-state index is -0.553. The zero-order valence-corrected chi connectivity index (χ0v) is 16.3. The maximum atomic E-state index is 12.9. The first-order chi connectivity index (χ1) is 14.7. The first-order valence-electron chi connectivity index (χ1n) is 10.1. The topological polar surface area (TPSA) is 64.1 Å². The monoisotopic (exact) mass is 393 g/mol. The smallest absolute Gasteiger partial charge is 0.237 e. The van der Waals surface area contributed by atoms with Crippen LogP contribution in [0.5, 0.6) is 5.75 Å². The molecule has 0 bridgehead atoms. The summed E-state index contributed by atoms with van der Waals surface area (Å²) in [6.07, 6.45) is 3.09. The molecule has 2 aromatic heterocycles. The maximum Gasteiger partial charge on any atom is 0.237 e. The summed E-state index contributed by atoms with van der Waals surface area (Å²) in [5, 5.41) is 4.05. The highest BCUT2D eigenvalue weighted by atomic mass is 16.5. The van der Waals surface area contributed by atoms with Crippen LogP contribution in [0.25, 0.3) is 10.9 Å². The van der Waals surface area contributed by atoms with Gasteiger partial charge in [-0.2, -0.15) is 0 Å². The van der Waals surface area contributed by atoms with Crippen molar-refractivity contribution in [3.05, 3.63) is 95.3 Å². The Bertz CT molecular complexity index is 1300. The quantitative estimate of drug-likeness (QED) is 0.567. The second kappa shape index (κ2) is 6.39. The lowest BCUT2D eigenvalue weighted by Gasteiger charge is -2.20. The van der Waals surface area contributed by atoms with Crippen LogP contribution in [0.1, 0.15) is 22.4 Å². The minimum Gasteiger partial charge on any atom is -0.487 e. The van der Waals surface area contributed by atoms with Crippen LogP contribution >= 0.6 is 0 Å². The number of ether oxygens (including phenoxy) is 1. The average Bonchev–Trinajstić information content (AvgIpc) is 3.28. The number of aromatic nitrogens is 2. The van der Waals surface area contributed by atoms with Gasteiger partial charge in [-0.15, -0.1) is 0 Å². The van der Waals surface area contributed by atoms with E-state index in [-0.39, 0.29) is 5.91 Å². The van der Waals surface area contributed by atoms with Crippen LogP contribution in [-0.2, 0) is 29.7 Å². The lowest BCUT2D eigenvalue weighted by molar-refractivity contribution is -0.120. The second-order valence-corrected chi connectivity index (χ2v) is 8.01. The van der Waals surface area contributed by atoms with Crippen LogP contribution in [0.15, 0.2) is 72.9 Å². The summed E-state index contributed by atoms with van der Waals surface area (Å²) in [7, 11) is 0. The summed E-state index contributed by atoms with van der Waals surface area (Å²) in [6, 6.07) is 22.1. The van der Waals surface area contributed by atoms with E-state index in [0.717, 1.165) is 27.9 Å². The lowest BCUT2D eigenvalue weighted by atomic mass is 9.79. The highest BCUT2D eigenvalue weighted by Gasteiger charge is 2.51. The number of anilines is 1. The predicted octanol–water partition coefficient (Wildman–Crippen LogP) is 4.20. The lowest BCUT2D eigenvalue weighted by Crippen LogP contribution is -2.35. The highest BCUT2D eigenvalue weighted by molar-refractivity contribution is 6.06. The molecule has 4 aromatic rings. The molecule has 1 amide bonds. The van der Waals surface area contributed by atoms with Gasteiger partial charge in [-0.3, -0.25) is 4.79 Å². The molecule has 1 spiro atoms. The molecule has 2 aromatic carbocycles. The number of pyridine rings is 2. The molecular formula is C25H19N3O2. The molecule has 5 nitrogen and oxygen atoms in total. The number of fused-ring (bicyclic) bond motifs is 4. The van der Waals surface area contributed by atoms with Crippen LogP contribution in [0.4, 0.5) is 5.82 Å². The molecule has 2 aliphatic rings. The van der Waals surface area contributed by atoms with Gasteiger partial charge in [0.2, 0.25) is 5.91 Å². The van der Waals surface area contributed by atoms with Crippen molar-refractivity contribution in [3.63, 3.8) is 0 Å². The molecule has 1 atom stereocenters. The van der Waals surface area contributed by atoms with Crippen molar-refractivity contribution >= 4 is 22.6 Å². The summed E-state index contributed by atoms with van der Waals surface area (Å²) in [5.41, 5.74) is 4.66. The number of benzene rings is 2. The third kappa shape index (κ3) is 2.59. The van der Waals surface area contributed by atoms with Gasteiger partial charge in [-0.05, 0) is 60.4 Å². The zero-order valence-electron chi connectivity index (χ0n) is 16.3. The molecular weight excluding hydrogens is 374 g/mol. The Hall–Kier alpha value is -3.73. The fourth-order valence-corrected chi connectivity index (χ4v) is 4.69. The fraction of sp³-hybridized carbons (Fsp3) is 0.160. The van der Waals surface area contributed by atoms with E-state index in [1.54, 1.807) is 6.20 Å². The number of rotatable bonds is 3. The van der Waals surface area contributed by atoms with Gasteiger partial charge in [0, 0.05) is 17.1 Å². The van der Waals surface area contributed by atoms with Gasteiger partial charge in [0.05, 0.1) is 16.6 Å². The van der Waals surface area contributed by atoms with E-state index in [1.807, 2.05) is 48.5 Å². The molecule has 1 aliphatic heterocycles. The molecule has 1 N–H and O–H groups in total. The first kappa shape index (κ1) is 17.2. The van der Waals surface area contributed by atoms with Gasteiger partial charge in [0.15, 0.2) is 0 Å². The van der Waals surface area contributed by atoms with E-state index in [0.29, 0.717) is 25.3 Å². The molecule has 1 aliphatic carbocycles. The fourth-order valence-electron chi connectivity index (χ4n) is 4.69. The van der Waals surface area contributed by atoms with E-state index >= 15 is 0 Å². The Kier molecular flexibility index (Phi) is 3.65. The number of nitrogens with one attached hydrogen (secondary N) is 1. The average molecular weight is 393 g/mol. The van der Waals surface area contributed by atoms with Crippen molar-refractivity contribution in [1.29, 1.82) is 0 Å². The molecule has 5 heteroatoms. The summed E-state index contributed by atoms with van der Waals surface area (Å²) in [4.78, 5) is 22.1. The molecule has 3 heterocycles. The van der Waals surface area contributed by atoms with Crippen molar-refractivity contribution in [1.82, 2.24) is 9.97 Å². The summed E-state index contributed by atoms with van der Waals surface area (Å²) >= 11 is 0. The Morgan fingerprint density at radius 3 is 2.67 bits per heavy atom. The molecule has 0 fully saturated rings. The highest BCUT2D eigenvalue weighted by Crippen LogP contribution is 2.47. The van der Waals surface area contributed by atoms with E-state index in [1.165, 1.54) is 11.1 Å². The SMILES string of the molecule is O=C1Nc2ncccc2C12Cc1cc3ccc(COc4ccccc4)nc3cc1C2. The predicted molar refractivity (Wildman–Crippen MR) is 114 cm³/mol. The summed E-state index contributed by atoms with van der Waals surface area (Å²) in [6.45, 7) is 0.419. The number of carbonyl (C=O) groups excluding carboxylic acids is 1. The van der Waals surface area contributed by atoms with Gasteiger partial charge in [0.1, 0.15) is 18.2 Å². The Morgan fingerprint density at radius 2 is 1.80 bits per heavy atom. The number of nitrogens with zero attached hydrogens (tertiary/aromatic N) is 2. The van der Waals surface area contributed by atoms with Gasteiger partial charge in [-0.1, -0.05) is 30.3 Å². The van der Waals surface area contributed by atoms with Crippen molar-refractivity contribution in [2.24, 2.45) is 0 Å². The number of para-hydroxylation sites is 1. The number of hydrogen-bond donors (Lipinski definition) is 1. The van der Waals surface area contributed by atoms with Gasteiger partial charge < -0.3 is 10.1 Å². The van der Waals surface area contributed by atoms with E-state index in [2.05, 4.69) is 28.5 Å². The Morgan fingerprint density at radius 1 is 0.967 bits per heavy atom. The van der Waals surface area contributed by atoms with Crippen molar-refractivity contribution in [2.45, 2.75) is 24.9 Å². The Balaban J connectivity index is 1.33. The van der Waals surface area contributed by atoms with Gasteiger partial charge >= 0.3 is 0 Å². The minimum absolute atomic E-state index is 0.0429. The number of carbonyl (C=O) groups is 1. The molecule has 0 radical (unpaired) electrons. The number of hydrogen-bond acceptors (Lipinski definition) is 4. The molecule has 0 saturated heterocycles. The summed E-state index contributed by atoms with van der Waals surface area (Å²) < 4.78 is 5.84. The molecule has 1 unspecified atom stereocenters. The third-order valence-corrected chi connectivity index (χ3v) is 6.17. The molecule has 30 heavy (non-hydrogen) atoms. The molecule has 0 saturated carbocycles.